The summed E-state index contributed by atoms with van der Waals surface area (Å²) in [5, 5.41) is 0. The molecule has 0 aromatic rings. The standard InChI is InChI=1S/C5H9F2.CH2NO.U/c1-4(2)5(3,6)7;2-1-3;/h1-3H3;(H2,2,3);/q2*-1;+2. The molecule has 0 saturated heterocycles. The van der Waals surface area contributed by atoms with Crippen LogP contribution in [0.2, 0.25) is 0 Å². The summed E-state index contributed by atoms with van der Waals surface area (Å²) in [6, 6.07) is 0. The van der Waals surface area contributed by atoms with Crippen LogP contribution >= 0.6 is 0 Å². The molecule has 1 amide bonds. The number of nitrogens with two attached hydrogens (primary N) is 1. The topological polar surface area (TPSA) is 43.1 Å². The Balaban J connectivity index is -0.000000140. The SMILES string of the molecule is C[C-](C)C(C)(F)F.N[C-]=O.[U+2]. The molecule has 0 radical (unpaired) electrons. The molecule has 0 aromatic carbocycles. The molecule has 0 fully saturated rings. The third-order valence-electron chi connectivity index (χ3n) is 0.878. The van der Waals surface area contributed by atoms with Gasteiger partial charge in [-0.1, -0.05) is 0 Å². The second-order valence-electron chi connectivity index (χ2n) is 2.01. The maximum Gasteiger partial charge on any atom is 2.00 e. The summed E-state index contributed by atoms with van der Waals surface area (Å²) >= 11 is 0. The average Bonchev–Trinajstić information content (AvgIpc) is 1.64. The summed E-state index contributed by atoms with van der Waals surface area (Å²) in [5.74, 6) is -2.42. The Hall–Kier alpha value is 0.382. The molecule has 5 heteroatoms. The van der Waals surface area contributed by atoms with E-state index < -0.39 is 5.92 Å². The van der Waals surface area contributed by atoms with E-state index in [9.17, 15) is 8.78 Å². The van der Waals surface area contributed by atoms with E-state index in [-0.39, 0.29) is 37.0 Å². The minimum Gasteiger partial charge on any atom is -0.543 e. The Morgan fingerprint density at radius 2 is 1.55 bits per heavy atom. The Morgan fingerprint density at radius 1 is 1.45 bits per heavy atom. The fourth-order valence-corrected chi connectivity index (χ4v) is 0. The van der Waals surface area contributed by atoms with Crippen molar-refractivity contribution < 1.29 is 44.7 Å². The van der Waals surface area contributed by atoms with E-state index in [0.29, 0.717) is 0 Å². The predicted molar refractivity (Wildman–Crippen MR) is 35.1 cm³/mol. The number of halogens is 2. The van der Waals surface area contributed by atoms with Gasteiger partial charge >= 0.3 is 31.1 Å². The summed E-state index contributed by atoms with van der Waals surface area (Å²) in [7, 11) is 0. The van der Waals surface area contributed by atoms with Crippen molar-refractivity contribution in [1.82, 2.24) is 0 Å². The molecule has 2 N–H and O–H groups in total. The Labute approximate surface area is 89.3 Å². The van der Waals surface area contributed by atoms with Gasteiger partial charge in [0.2, 0.25) is 0 Å². The van der Waals surface area contributed by atoms with E-state index >= 15 is 0 Å². The monoisotopic (exact) mass is 389 g/mol. The van der Waals surface area contributed by atoms with Crippen LogP contribution < -0.4 is 5.73 Å². The van der Waals surface area contributed by atoms with Crippen LogP contribution in [0.25, 0.3) is 0 Å². The van der Waals surface area contributed by atoms with Gasteiger partial charge in [-0.15, -0.1) is 0 Å². The van der Waals surface area contributed by atoms with Gasteiger partial charge in [-0.2, -0.15) is 20.3 Å². The normalized spacial score (nSPS) is 9.27. The molecule has 0 aliphatic rings. The summed E-state index contributed by atoms with van der Waals surface area (Å²) in [4.78, 5) is 8.46. The van der Waals surface area contributed by atoms with Crippen molar-refractivity contribution in [3.05, 3.63) is 5.92 Å². The Morgan fingerprint density at radius 3 is 1.55 bits per heavy atom. The quantitative estimate of drug-likeness (QED) is 0.533. The van der Waals surface area contributed by atoms with Crippen LogP contribution in [0.3, 0.4) is 0 Å². The van der Waals surface area contributed by atoms with Crippen LogP contribution in [0.15, 0.2) is 0 Å². The molecule has 0 unspecified atom stereocenters. The van der Waals surface area contributed by atoms with Crippen molar-refractivity contribution in [1.29, 1.82) is 0 Å². The van der Waals surface area contributed by atoms with Gasteiger partial charge in [0.1, 0.15) is 5.92 Å². The molecule has 0 aliphatic carbocycles. The third-order valence-corrected chi connectivity index (χ3v) is 0.878. The first-order chi connectivity index (χ1) is 4.36. The van der Waals surface area contributed by atoms with E-state index in [2.05, 4.69) is 5.73 Å². The fourth-order valence-electron chi connectivity index (χ4n) is 0. The number of alkyl halides is 2. The molecule has 0 aromatic heterocycles. The van der Waals surface area contributed by atoms with Crippen molar-refractivity contribution in [2.75, 3.05) is 0 Å². The molecule has 0 atom stereocenters. The smallest absolute Gasteiger partial charge is 0.543 e. The van der Waals surface area contributed by atoms with E-state index in [0.717, 1.165) is 13.3 Å². The minimum absolute atomic E-state index is 0. The fraction of sp³-hybridized carbons (Fsp3) is 0.667. The van der Waals surface area contributed by atoms with Crippen molar-refractivity contribution >= 4 is 6.41 Å². The van der Waals surface area contributed by atoms with Gasteiger partial charge in [-0.3, -0.25) is 5.92 Å². The van der Waals surface area contributed by atoms with Crippen LogP contribution in [0.5, 0.6) is 0 Å². The van der Waals surface area contributed by atoms with Gasteiger partial charge in [0.05, 0.1) is 0 Å². The van der Waals surface area contributed by atoms with Gasteiger partial charge in [0.15, 0.2) is 0 Å². The zero-order chi connectivity index (χ0) is 8.78. The number of amides is 1. The Bertz CT molecular complexity index is 93.1. The van der Waals surface area contributed by atoms with Crippen LogP contribution in [-0.2, 0) is 4.79 Å². The summed E-state index contributed by atoms with van der Waals surface area (Å²) in [6.07, 6.45) is 1.00. The van der Waals surface area contributed by atoms with Gasteiger partial charge < -0.3 is 10.5 Å². The second kappa shape index (κ2) is 8.48. The van der Waals surface area contributed by atoms with Crippen molar-refractivity contribution in [2.45, 2.75) is 26.7 Å². The van der Waals surface area contributed by atoms with Gasteiger partial charge in [-0.25, -0.2) is 8.78 Å². The maximum atomic E-state index is 11.8. The molecule has 0 heterocycles. The first kappa shape index (κ1) is 17.5. The zero-order valence-corrected chi connectivity index (χ0v) is 10.9. The minimum atomic E-state index is -2.58. The largest absolute Gasteiger partial charge is 2.00 e. The van der Waals surface area contributed by atoms with Gasteiger partial charge in [-0.05, 0) is 6.92 Å². The van der Waals surface area contributed by atoms with Crippen molar-refractivity contribution in [3.8, 4) is 0 Å². The zero-order valence-electron chi connectivity index (χ0n) is 6.74. The van der Waals surface area contributed by atoms with Crippen LogP contribution in [0.4, 0.5) is 8.78 Å². The summed E-state index contributed by atoms with van der Waals surface area (Å²) < 4.78 is 23.6. The van der Waals surface area contributed by atoms with E-state index in [1.165, 1.54) is 13.8 Å². The number of carbonyl (C=O) groups excluding carboxylic acids is 1. The first-order valence-electron chi connectivity index (χ1n) is 2.62. The Kier molecular flexibility index (Phi) is 13.5. The summed E-state index contributed by atoms with van der Waals surface area (Å²) in [6.45, 7) is 3.72. The molecular formula is C6H11F2NOU. The first-order valence-corrected chi connectivity index (χ1v) is 2.62. The van der Waals surface area contributed by atoms with Crippen molar-refractivity contribution in [3.63, 3.8) is 0 Å². The predicted octanol–water partition coefficient (Wildman–Crippen LogP) is 1.27. The van der Waals surface area contributed by atoms with Gasteiger partial charge in [0, 0.05) is 0 Å². The number of rotatable bonds is 1. The molecule has 0 aliphatic heterocycles. The second-order valence-corrected chi connectivity index (χ2v) is 2.01. The van der Waals surface area contributed by atoms with Crippen molar-refractivity contribution in [2.24, 2.45) is 5.73 Å². The van der Waals surface area contributed by atoms with E-state index in [4.69, 9.17) is 4.79 Å². The molecule has 2 nitrogen and oxygen atoms in total. The van der Waals surface area contributed by atoms with Crippen LogP contribution in [0, 0.1) is 37.0 Å². The number of primary amides is 1. The average molecular weight is 389 g/mol. The van der Waals surface area contributed by atoms with Gasteiger partial charge in [0.25, 0.3) is 0 Å². The molecular weight excluding hydrogens is 378 g/mol. The number of hydrogen-bond acceptors (Lipinski definition) is 1. The molecule has 0 bridgehead atoms. The molecule has 0 rings (SSSR count). The molecule has 64 valence electrons. The molecule has 0 saturated carbocycles. The van der Waals surface area contributed by atoms with E-state index in [1.807, 2.05) is 0 Å². The maximum absolute atomic E-state index is 11.8. The third kappa shape index (κ3) is 17.9. The summed E-state index contributed by atoms with van der Waals surface area (Å²) in [5.41, 5.74) is 4.04. The van der Waals surface area contributed by atoms with E-state index in [1.54, 1.807) is 0 Å². The van der Waals surface area contributed by atoms with Crippen LogP contribution in [-0.4, -0.2) is 12.3 Å². The number of hydrogen-bond donors (Lipinski definition) is 1. The van der Waals surface area contributed by atoms with Crippen LogP contribution in [0.1, 0.15) is 20.8 Å². The molecule has 0 spiro atoms. The molecule has 11 heavy (non-hydrogen) atoms.